The summed E-state index contributed by atoms with van der Waals surface area (Å²) in [6.07, 6.45) is 4.96. The van der Waals surface area contributed by atoms with Gasteiger partial charge in [0, 0.05) is 15.9 Å². The Morgan fingerprint density at radius 1 is 1.23 bits per heavy atom. The van der Waals surface area contributed by atoms with E-state index in [0.29, 0.717) is 6.54 Å². The highest BCUT2D eigenvalue weighted by Crippen LogP contribution is 2.34. The van der Waals surface area contributed by atoms with E-state index < -0.39 is 0 Å². The van der Waals surface area contributed by atoms with E-state index >= 15 is 0 Å². The number of nitrogens with zero attached hydrogens (tertiary/aromatic N) is 3. The van der Waals surface area contributed by atoms with Crippen LogP contribution in [0.3, 0.4) is 0 Å². The molecule has 1 aliphatic carbocycles. The van der Waals surface area contributed by atoms with Gasteiger partial charge in [-0.3, -0.25) is 14.2 Å². The van der Waals surface area contributed by atoms with Gasteiger partial charge < -0.3 is 5.32 Å². The minimum atomic E-state index is -0.103. The highest BCUT2D eigenvalue weighted by molar-refractivity contribution is 7.18. The van der Waals surface area contributed by atoms with Crippen LogP contribution in [-0.2, 0) is 30.6 Å². The van der Waals surface area contributed by atoms with Crippen LogP contribution >= 0.6 is 22.7 Å². The molecule has 8 heteroatoms. The summed E-state index contributed by atoms with van der Waals surface area (Å²) in [4.78, 5) is 36.5. The number of carbonyl (C=O) groups excluding carboxylic acids is 1. The Morgan fingerprint density at radius 3 is 2.90 bits per heavy atom. The van der Waals surface area contributed by atoms with Gasteiger partial charge in [-0.2, -0.15) is 0 Å². The van der Waals surface area contributed by atoms with Crippen LogP contribution < -0.4 is 10.9 Å². The summed E-state index contributed by atoms with van der Waals surface area (Å²) >= 11 is 3.08. The van der Waals surface area contributed by atoms with Gasteiger partial charge in [0.05, 0.1) is 30.4 Å². The minimum absolute atomic E-state index is 0.00561. The van der Waals surface area contributed by atoms with Crippen LogP contribution in [0.4, 0.5) is 5.69 Å². The van der Waals surface area contributed by atoms with Crippen LogP contribution in [-0.4, -0.2) is 20.4 Å². The smallest absolute Gasteiger partial charge is 0.262 e. The van der Waals surface area contributed by atoms with E-state index in [-0.39, 0.29) is 17.9 Å². The number of benzene rings is 1. The molecule has 0 atom stereocenters. The average Bonchev–Trinajstić information content (AvgIpc) is 3.42. The van der Waals surface area contributed by atoms with Gasteiger partial charge in [-0.1, -0.05) is 17.7 Å². The maximum Gasteiger partial charge on any atom is 0.262 e. The van der Waals surface area contributed by atoms with E-state index in [1.165, 1.54) is 21.8 Å². The molecule has 0 radical (unpaired) electrons. The number of aryl methyl sites for hydroxylation is 3. The fraction of sp³-hybridized carbons (Fsp3) is 0.273. The van der Waals surface area contributed by atoms with E-state index in [4.69, 9.17) is 0 Å². The van der Waals surface area contributed by atoms with Crippen LogP contribution in [0.15, 0.2) is 40.8 Å². The van der Waals surface area contributed by atoms with Gasteiger partial charge in [0.2, 0.25) is 5.91 Å². The first-order valence-corrected chi connectivity index (χ1v) is 11.6. The molecule has 0 spiro atoms. The van der Waals surface area contributed by atoms with Crippen molar-refractivity contribution in [2.24, 2.45) is 0 Å². The van der Waals surface area contributed by atoms with Gasteiger partial charge in [-0.15, -0.1) is 22.7 Å². The summed E-state index contributed by atoms with van der Waals surface area (Å²) in [6.45, 7) is 2.37. The molecular formula is C22H20N4O2S2. The van der Waals surface area contributed by atoms with Crippen molar-refractivity contribution in [3.05, 3.63) is 73.0 Å². The number of aromatic nitrogens is 3. The second kappa shape index (κ2) is 7.77. The maximum absolute atomic E-state index is 13.0. The number of nitrogens with one attached hydrogen (secondary N) is 1. The maximum atomic E-state index is 13.0. The van der Waals surface area contributed by atoms with Crippen molar-refractivity contribution in [1.82, 2.24) is 14.5 Å². The first kappa shape index (κ1) is 19.1. The number of anilines is 1. The molecule has 0 unspecified atom stereocenters. The van der Waals surface area contributed by atoms with E-state index in [1.807, 2.05) is 36.6 Å². The molecule has 5 rings (SSSR count). The Bertz CT molecular complexity index is 1300. The lowest BCUT2D eigenvalue weighted by atomic mass is 10.2. The molecule has 0 saturated carbocycles. The zero-order valence-corrected chi connectivity index (χ0v) is 18.1. The van der Waals surface area contributed by atoms with Crippen molar-refractivity contribution >= 4 is 44.5 Å². The fourth-order valence-electron chi connectivity index (χ4n) is 3.79. The van der Waals surface area contributed by atoms with Crippen LogP contribution in [0, 0.1) is 6.92 Å². The highest BCUT2D eigenvalue weighted by Gasteiger charge is 2.21. The normalized spacial score (nSPS) is 13.0. The SMILES string of the molecule is Cc1ccc(NC(=O)Cc2nc(Cn3cnc4sc5c(c4c3=O)CCC5)cs2)cc1. The number of rotatable bonds is 5. The number of thiazole rings is 1. The molecule has 1 N–H and O–H groups in total. The molecule has 1 amide bonds. The summed E-state index contributed by atoms with van der Waals surface area (Å²) in [5.74, 6) is -0.103. The summed E-state index contributed by atoms with van der Waals surface area (Å²) < 4.78 is 1.62. The summed E-state index contributed by atoms with van der Waals surface area (Å²) in [7, 11) is 0. The van der Waals surface area contributed by atoms with Crippen LogP contribution in [0.2, 0.25) is 0 Å². The minimum Gasteiger partial charge on any atom is -0.326 e. The Labute approximate surface area is 181 Å². The monoisotopic (exact) mass is 436 g/mol. The zero-order chi connectivity index (χ0) is 20.7. The van der Waals surface area contributed by atoms with Crippen LogP contribution in [0.1, 0.15) is 33.1 Å². The zero-order valence-electron chi connectivity index (χ0n) is 16.5. The Balaban J connectivity index is 1.30. The standard InChI is InChI=1S/C22H20N4O2S2/c1-13-5-7-14(8-6-13)24-18(27)9-19-25-15(11-29-19)10-26-12-23-21-20(22(26)28)16-3-2-4-17(16)30-21/h5-8,11-12H,2-4,9-10H2,1H3,(H,24,27). The molecule has 1 aromatic carbocycles. The van der Waals surface area contributed by atoms with Crippen molar-refractivity contribution in [3.63, 3.8) is 0 Å². The quantitative estimate of drug-likeness (QED) is 0.514. The fourth-order valence-corrected chi connectivity index (χ4v) is 5.79. The lowest BCUT2D eigenvalue weighted by molar-refractivity contribution is -0.115. The largest absolute Gasteiger partial charge is 0.326 e. The molecular weight excluding hydrogens is 416 g/mol. The summed E-state index contributed by atoms with van der Waals surface area (Å²) in [5.41, 5.74) is 3.89. The molecule has 0 fully saturated rings. The van der Waals surface area contributed by atoms with Crippen LogP contribution in [0.5, 0.6) is 0 Å². The van der Waals surface area contributed by atoms with E-state index in [0.717, 1.165) is 51.4 Å². The molecule has 4 aromatic rings. The third kappa shape index (κ3) is 3.68. The molecule has 6 nitrogen and oxygen atoms in total. The third-order valence-electron chi connectivity index (χ3n) is 5.27. The second-order valence-corrected chi connectivity index (χ2v) is 9.56. The number of hydrogen-bond acceptors (Lipinski definition) is 6. The number of carbonyl (C=O) groups is 1. The van der Waals surface area contributed by atoms with E-state index in [9.17, 15) is 9.59 Å². The van der Waals surface area contributed by atoms with Crippen molar-refractivity contribution in [2.45, 2.75) is 39.2 Å². The molecule has 0 bridgehead atoms. The number of fused-ring (bicyclic) bond motifs is 3. The van der Waals surface area contributed by atoms with Gasteiger partial charge in [-0.25, -0.2) is 9.97 Å². The molecule has 1 aliphatic rings. The summed E-state index contributed by atoms with van der Waals surface area (Å²) in [5, 5.41) is 6.31. The topological polar surface area (TPSA) is 76.9 Å². The van der Waals surface area contributed by atoms with Gasteiger partial charge >= 0.3 is 0 Å². The average molecular weight is 437 g/mol. The van der Waals surface area contributed by atoms with Crippen molar-refractivity contribution in [1.29, 1.82) is 0 Å². The predicted molar refractivity (Wildman–Crippen MR) is 121 cm³/mol. The van der Waals surface area contributed by atoms with Gasteiger partial charge in [0.15, 0.2) is 0 Å². The van der Waals surface area contributed by atoms with Crippen molar-refractivity contribution in [2.75, 3.05) is 5.32 Å². The number of hydrogen-bond donors (Lipinski definition) is 1. The van der Waals surface area contributed by atoms with Crippen LogP contribution in [0.25, 0.3) is 10.2 Å². The lowest BCUT2D eigenvalue weighted by Gasteiger charge is -2.04. The van der Waals surface area contributed by atoms with E-state index in [1.54, 1.807) is 22.2 Å². The first-order valence-electron chi connectivity index (χ1n) is 9.86. The Morgan fingerprint density at radius 2 is 2.07 bits per heavy atom. The van der Waals surface area contributed by atoms with Gasteiger partial charge in [-0.05, 0) is 43.9 Å². The van der Waals surface area contributed by atoms with E-state index in [2.05, 4.69) is 15.3 Å². The highest BCUT2D eigenvalue weighted by atomic mass is 32.1. The summed E-state index contributed by atoms with van der Waals surface area (Å²) in [6, 6.07) is 7.69. The van der Waals surface area contributed by atoms with Crippen molar-refractivity contribution in [3.8, 4) is 0 Å². The Kier molecular flexibility index (Phi) is 4.96. The molecule has 3 aromatic heterocycles. The number of amides is 1. The molecule has 0 aliphatic heterocycles. The van der Waals surface area contributed by atoms with Crippen molar-refractivity contribution < 1.29 is 4.79 Å². The predicted octanol–water partition coefficient (Wildman–Crippen LogP) is 3.94. The molecule has 30 heavy (non-hydrogen) atoms. The lowest BCUT2D eigenvalue weighted by Crippen LogP contribution is -2.21. The first-order chi connectivity index (χ1) is 14.6. The second-order valence-electron chi connectivity index (χ2n) is 7.54. The van der Waals surface area contributed by atoms with Gasteiger partial charge in [0.25, 0.3) is 5.56 Å². The molecule has 0 saturated heterocycles. The molecule has 152 valence electrons. The Hall–Kier alpha value is -2.84. The van der Waals surface area contributed by atoms with Gasteiger partial charge in [0.1, 0.15) is 9.84 Å². The number of thiophene rings is 1. The third-order valence-corrected chi connectivity index (χ3v) is 7.37. The molecule has 3 heterocycles.